The van der Waals surface area contributed by atoms with Gasteiger partial charge in [-0.2, -0.15) is 0 Å². The molecule has 1 atom stereocenters. The summed E-state index contributed by atoms with van der Waals surface area (Å²) < 4.78 is 5.24. The van der Waals surface area contributed by atoms with Gasteiger partial charge in [0.05, 0.1) is 23.9 Å². The van der Waals surface area contributed by atoms with Gasteiger partial charge in [-0.15, -0.1) is 0 Å². The normalized spacial score (nSPS) is 23.5. The van der Waals surface area contributed by atoms with Gasteiger partial charge in [0.15, 0.2) is 0 Å². The first-order valence-corrected chi connectivity index (χ1v) is 6.05. The molecule has 2 aliphatic heterocycles. The Morgan fingerprint density at radius 2 is 2.06 bits per heavy atom. The average Bonchev–Trinajstić information content (AvgIpc) is 2.64. The van der Waals surface area contributed by atoms with Gasteiger partial charge in [-0.05, 0) is 12.1 Å². The van der Waals surface area contributed by atoms with E-state index in [0.717, 1.165) is 4.90 Å². The topological polar surface area (TPSA) is 49.9 Å². The van der Waals surface area contributed by atoms with Crippen LogP contribution in [0.1, 0.15) is 0 Å². The van der Waals surface area contributed by atoms with Crippen LogP contribution in [-0.4, -0.2) is 42.6 Å². The molecule has 0 aliphatic carbocycles. The third-order valence-corrected chi connectivity index (χ3v) is 3.48. The Hall–Kier alpha value is -1.59. The van der Waals surface area contributed by atoms with Crippen LogP contribution in [-0.2, 0) is 9.53 Å². The maximum absolute atomic E-state index is 12.2. The lowest BCUT2D eigenvalue weighted by Crippen LogP contribution is -2.45. The fourth-order valence-corrected chi connectivity index (χ4v) is 2.48. The number of benzene rings is 1. The van der Waals surface area contributed by atoms with Crippen molar-refractivity contribution in [1.29, 1.82) is 0 Å². The summed E-state index contributed by atoms with van der Waals surface area (Å²) in [4.78, 5) is 27.1. The van der Waals surface area contributed by atoms with E-state index in [1.807, 2.05) is 0 Å². The lowest BCUT2D eigenvalue weighted by molar-refractivity contribution is -0.123. The van der Waals surface area contributed by atoms with E-state index in [-0.39, 0.29) is 18.5 Å². The number of fused-ring (bicyclic) bond motifs is 1. The van der Waals surface area contributed by atoms with E-state index >= 15 is 0 Å². The molecule has 0 N–H and O–H groups in total. The molecule has 1 unspecified atom stereocenters. The number of hydrogen-bond donors (Lipinski definition) is 0. The third kappa shape index (κ3) is 1.59. The minimum Gasteiger partial charge on any atom is -0.377 e. The Bertz CT molecular complexity index is 496. The number of morpholine rings is 1. The second-order valence-electron chi connectivity index (χ2n) is 4.19. The number of rotatable bonds is 1. The zero-order valence-corrected chi connectivity index (χ0v) is 10.3. The second kappa shape index (κ2) is 4.26. The van der Waals surface area contributed by atoms with Crippen molar-refractivity contribution >= 4 is 29.2 Å². The van der Waals surface area contributed by atoms with Gasteiger partial charge in [0, 0.05) is 6.54 Å². The molecule has 3 rings (SSSR count). The summed E-state index contributed by atoms with van der Waals surface area (Å²) in [5.74, 6) is -0.271. The van der Waals surface area contributed by atoms with Gasteiger partial charge in [-0.3, -0.25) is 4.79 Å². The first-order chi connectivity index (χ1) is 8.70. The van der Waals surface area contributed by atoms with Crippen molar-refractivity contribution in [1.82, 2.24) is 4.90 Å². The van der Waals surface area contributed by atoms with Gasteiger partial charge in [0.2, 0.25) is 0 Å². The molecule has 6 heteroatoms. The molecule has 2 fully saturated rings. The quantitative estimate of drug-likeness (QED) is 0.724. The minimum atomic E-state index is -0.512. The van der Waals surface area contributed by atoms with E-state index in [9.17, 15) is 9.59 Å². The standard InChI is InChI=1S/C12H11ClN2O3/c13-8-3-1-2-4-9(8)15-11(16)10-7-18-6-5-14(10)12(15)17/h1-4,10H,5-7H2. The first kappa shape index (κ1) is 11.5. The van der Waals surface area contributed by atoms with E-state index in [1.54, 1.807) is 24.3 Å². The molecule has 0 radical (unpaired) electrons. The lowest BCUT2D eigenvalue weighted by Gasteiger charge is -2.26. The Kier molecular flexibility index (Phi) is 2.72. The number of imide groups is 1. The summed E-state index contributed by atoms with van der Waals surface area (Å²) in [6.07, 6.45) is 0. The highest BCUT2D eigenvalue weighted by molar-refractivity contribution is 6.35. The van der Waals surface area contributed by atoms with Crippen molar-refractivity contribution in [3.05, 3.63) is 29.3 Å². The Morgan fingerprint density at radius 1 is 1.28 bits per heavy atom. The molecule has 2 saturated heterocycles. The van der Waals surface area contributed by atoms with Crippen LogP contribution in [0.4, 0.5) is 10.5 Å². The highest BCUT2D eigenvalue weighted by atomic mass is 35.5. The molecule has 5 nitrogen and oxygen atoms in total. The van der Waals surface area contributed by atoms with Crippen LogP contribution in [0.25, 0.3) is 0 Å². The monoisotopic (exact) mass is 266 g/mol. The van der Waals surface area contributed by atoms with Crippen LogP contribution in [0, 0.1) is 0 Å². The Labute approximate surface area is 109 Å². The molecule has 18 heavy (non-hydrogen) atoms. The summed E-state index contributed by atoms with van der Waals surface area (Å²) in [7, 11) is 0. The smallest absolute Gasteiger partial charge is 0.332 e. The van der Waals surface area contributed by atoms with Gasteiger partial charge in [-0.1, -0.05) is 23.7 Å². The van der Waals surface area contributed by atoms with Crippen LogP contribution >= 0.6 is 11.6 Å². The average molecular weight is 267 g/mol. The Morgan fingerprint density at radius 3 is 2.78 bits per heavy atom. The highest BCUT2D eigenvalue weighted by Crippen LogP contribution is 2.31. The summed E-state index contributed by atoms with van der Waals surface area (Å²) in [5, 5.41) is 0.389. The molecule has 0 saturated carbocycles. The van der Waals surface area contributed by atoms with Gasteiger partial charge in [0.1, 0.15) is 6.04 Å². The fraction of sp³-hybridized carbons (Fsp3) is 0.333. The predicted molar refractivity (Wildman–Crippen MR) is 65.6 cm³/mol. The summed E-state index contributed by atoms with van der Waals surface area (Å²) in [5.41, 5.74) is 0.434. The molecule has 0 aromatic heterocycles. The minimum absolute atomic E-state index is 0.255. The molecule has 3 amide bonds. The first-order valence-electron chi connectivity index (χ1n) is 5.67. The van der Waals surface area contributed by atoms with Gasteiger partial charge >= 0.3 is 6.03 Å². The number of ether oxygens (including phenoxy) is 1. The van der Waals surface area contributed by atoms with E-state index in [2.05, 4.69) is 0 Å². The van der Waals surface area contributed by atoms with Crippen molar-refractivity contribution in [2.75, 3.05) is 24.7 Å². The molecule has 0 bridgehead atoms. The highest BCUT2D eigenvalue weighted by Gasteiger charge is 2.47. The molecular formula is C12H11ClN2O3. The van der Waals surface area contributed by atoms with Crippen molar-refractivity contribution in [3.8, 4) is 0 Å². The number of halogens is 1. The van der Waals surface area contributed by atoms with Crippen molar-refractivity contribution in [2.24, 2.45) is 0 Å². The largest absolute Gasteiger partial charge is 0.377 e. The molecule has 2 aliphatic rings. The Balaban J connectivity index is 2.00. The van der Waals surface area contributed by atoms with Crippen LogP contribution in [0.2, 0.25) is 5.02 Å². The molecule has 1 aromatic carbocycles. The zero-order chi connectivity index (χ0) is 12.7. The molecule has 94 valence electrons. The molecule has 1 aromatic rings. The third-order valence-electron chi connectivity index (χ3n) is 3.16. The molecule has 2 heterocycles. The number of carbonyl (C=O) groups is 2. The van der Waals surface area contributed by atoms with E-state index in [0.29, 0.717) is 23.9 Å². The van der Waals surface area contributed by atoms with E-state index < -0.39 is 6.04 Å². The number of nitrogens with zero attached hydrogens (tertiary/aromatic N) is 2. The maximum Gasteiger partial charge on any atom is 0.332 e. The van der Waals surface area contributed by atoms with Crippen molar-refractivity contribution in [3.63, 3.8) is 0 Å². The van der Waals surface area contributed by atoms with Crippen LogP contribution in [0.15, 0.2) is 24.3 Å². The number of carbonyl (C=O) groups excluding carboxylic acids is 2. The summed E-state index contributed by atoms with van der Waals surface area (Å²) >= 11 is 6.04. The molecule has 0 spiro atoms. The SMILES string of the molecule is O=C1C2COCCN2C(=O)N1c1ccccc1Cl. The van der Waals surface area contributed by atoms with Gasteiger partial charge < -0.3 is 9.64 Å². The van der Waals surface area contributed by atoms with Crippen molar-refractivity contribution < 1.29 is 14.3 Å². The lowest BCUT2D eigenvalue weighted by atomic mass is 10.2. The van der Waals surface area contributed by atoms with Crippen LogP contribution in [0.3, 0.4) is 0 Å². The fourth-order valence-electron chi connectivity index (χ4n) is 2.26. The summed E-state index contributed by atoms with van der Waals surface area (Å²) in [6.45, 7) is 1.16. The van der Waals surface area contributed by atoms with Crippen LogP contribution < -0.4 is 4.90 Å². The van der Waals surface area contributed by atoms with E-state index in [4.69, 9.17) is 16.3 Å². The van der Waals surface area contributed by atoms with Crippen LogP contribution in [0.5, 0.6) is 0 Å². The molecular weight excluding hydrogens is 256 g/mol. The van der Waals surface area contributed by atoms with E-state index in [1.165, 1.54) is 4.90 Å². The van der Waals surface area contributed by atoms with Gasteiger partial charge in [0.25, 0.3) is 5.91 Å². The second-order valence-corrected chi connectivity index (χ2v) is 4.60. The van der Waals surface area contributed by atoms with Crippen molar-refractivity contribution in [2.45, 2.75) is 6.04 Å². The number of amides is 3. The van der Waals surface area contributed by atoms with Gasteiger partial charge in [-0.25, -0.2) is 9.69 Å². The number of hydrogen-bond acceptors (Lipinski definition) is 3. The number of para-hydroxylation sites is 1. The zero-order valence-electron chi connectivity index (χ0n) is 9.51. The number of urea groups is 1. The predicted octanol–water partition coefficient (Wildman–Crippen LogP) is 1.51. The number of anilines is 1. The maximum atomic E-state index is 12.2. The summed E-state index contributed by atoms with van der Waals surface area (Å²) in [6, 6.07) is 6.00.